The number of nitrogens with one attached hydrogen (secondary N) is 1. The molecule has 0 atom stereocenters. The highest BCUT2D eigenvalue weighted by atomic mass is 35.5. The second-order valence-corrected chi connectivity index (χ2v) is 5.50. The Kier molecular flexibility index (Phi) is 3.84. The molecule has 4 nitrogen and oxygen atoms in total. The van der Waals surface area contributed by atoms with Gasteiger partial charge in [0.15, 0.2) is 5.78 Å². The average Bonchev–Trinajstić information content (AvgIpc) is 2.57. The van der Waals surface area contributed by atoms with Crippen molar-refractivity contribution in [1.29, 1.82) is 0 Å². The average molecular weight is 326 g/mol. The van der Waals surface area contributed by atoms with Gasteiger partial charge in [-0.3, -0.25) is 14.4 Å². The van der Waals surface area contributed by atoms with Crippen LogP contribution in [0.25, 0.3) is 0 Å². The molecule has 0 heterocycles. The van der Waals surface area contributed by atoms with Crippen LogP contribution in [-0.2, 0) is 0 Å². The van der Waals surface area contributed by atoms with Crippen LogP contribution in [0, 0.1) is 0 Å². The van der Waals surface area contributed by atoms with E-state index in [1.54, 1.807) is 30.3 Å². The molecule has 2 aromatic rings. The third-order valence-electron chi connectivity index (χ3n) is 3.60. The molecule has 0 radical (unpaired) electrons. The van der Waals surface area contributed by atoms with Gasteiger partial charge in [0.1, 0.15) is 10.7 Å². The van der Waals surface area contributed by atoms with Gasteiger partial charge < -0.3 is 5.32 Å². The van der Waals surface area contributed by atoms with Crippen molar-refractivity contribution >= 4 is 34.6 Å². The van der Waals surface area contributed by atoms with E-state index in [-0.39, 0.29) is 33.2 Å². The first-order valence-electron chi connectivity index (χ1n) is 6.96. The number of hydrogen-bond acceptors (Lipinski definition) is 4. The van der Waals surface area contributed by atoms with Crippen LogP contribution in [0.5, 0.6) is 0 Å². The fourth-order valence-corrected chi connectivity index (χ4v) is 2.74. The zero-order valence-electron chi connectivity index (χ0n) is 12.2. The monoisotopic (exact) mass is 325 g/mol. The maximum absolute atomic E-state index is 12.7. The van der Waals surface area contributed by atoms with Crippen molar-refractivity contribution in [2.75, 3.05) is 5.32 Å². The Bertz CT molecular complexity index is 869. The van der Waals surface area contributed by atoms with E-state index in [0.717, 1.165) is 0 Å². The molecule has 2 aromatic carbocycles. The minimum absolute atomic E-state index is 0.0241. The molecule has 0 bridgehead atoms. The second-order valence-electron chi connectivity index (χ2n) is 5.12. The molecule has 114 valence electrons. The summed E-state index contributed by atoms with van der Waals surface area (Å²) in [6.07, 6.45) is 0. The van der Waals surface area contributed by atoms with Crippen molar-refractivity contribution in [2.45, 2.75) is 6.92 Å². The molecule has 1 aliphatic carbocycles. The quantitative estimate of drug-likeness (QED) is 0.871. The van der Waals surface area contributed by atoms with Crippen molar-refractivity contribution in [3.8, 4) is 0 Å². The summed E-state index contributed by atoms with van der Waals surface area (Å²) < 4.78 is 0. The Hall–Kier alpha value is -2.72. The van der Waals surface area contributed by atoms with E-state index >= 15 is 0 Å². The van der Waals surface area contributed by atoms with Crippen LogP contribution in [0.1, 0.15) is 38.0 Å². The van der Waals surface area contributed by atoms with E-state index in [1.807, 2.05) is 6.07 Å². The van der Waals surface area contributed by atoms with Gasteiger partial charge in [-0.05, 0) is 19.1 Å². The third kappa shape index (κ3) is 2.58. The number of rotatable bonds is 3. The molecule has 0 amide bonds. The molecular weight excluding hydrogens is 314 g/mol. The SMILES string of the molecule is CC(=O)c1cccc2c1C(=O)C(Cl)=C(Nc1ccccc1)C2=O. The Morgan fingerprint density at radius 1 is 0.957 bits per heavy atom. The molecular formula is C18H12ClNO3. The predicted octanol–water partition coefficient (Wildman–Crippen LogP) is 3.83. The molecule has 23 heavy (non-hydrogen) atoms. The van der Waals surface area contributed by atoms with E-state index in [0.29, 0.717) is 5.69 Å². The number of anilines is 1. The van der Waals surface area contributed by atoms with E-state index in [1.165, 1.54) is 19.1 Å². The lowest BCUT2D eigenvalue weighted by Crippen LogP contribution is -2.26. The number of allylic oxidation sites excluding steroid dienone is 2. The zero-order valence-corrected chi connectivity index (χ0v) is 13.0. The van der Waals surface area contributed by atoms with Crippen LogP contribution in [0.3, 0.4) is 0 Å². The van der Waals surface area contributed by atoms with E-state index in [4.69, 9.17) is 11.6 Å². The van der Waals surface area contributed by atoms with E-state index < -0.39 is 11.6 Å². The normalized spacial score (nSPS) is 13.8. The summed E-state index contributed by atoms with van der Waals surface area (Å²) in [7, 11) is 0. The summed E-state index contributed by atoms with van der Waals surface area (Å²) in [5, 5.41) is 2.68. The summed E-state index contributed by atoms with van der Waals surface area (Å²) in [4.78, 5) is 36.9. The molecule has 0 unspecified atom stereocenters. The lowest BCUT2D eigenvalue weighted by Gasteiger charge is -2.20. The molecule has 0 spiro atoms. The Labute approximate surface area is 137 Å². The first kappa shape index (κ1) is 15.2. The summed E-state index contributed by atoms with van der Waals surface area (Å²) in [6, 6.07) is 13.6. The maximum Gasteiger partial charge on any atom is 0.211 e. The van der Waals surface area contributed by atoms with Crippen molar-refractivity contribution < 1.29 is 14.4 Å². The molecule has 1 N–H and O–H groups in total. The van der Waals surface area contributed by atoms with Crippen LogP contribution >= 0.6 is 11.6 Å². The van der Waals surface area contributed by atoms with Gasteiger partial charge in [0.2, 0.25) is 11.6 Å². The largest absolute Gasteiger partial charge is 0.351 e. The number of halogens is 1. The Balaban J connectivity index is 2.12. The minimum atomic E-state index is -0.523. The minimum Gasteiger partial charge on any atom is -0.351 e. The first-order valence-corrected chi connectivity index (χ1v) is 7.33. The number of carbonyl (C=O) groups excluding carboxylic acids is 3. The standard InChI is InChI=1S/C18H12ClNO3/c1-10(21)12-8-5-9-13-14(12)18(23)15(19)16(17(13)22)20-11-6-3-2-4-7-11/h2-9,20H,1H3. The topological polar surface area (TPSA) is 63.2 Å². The number of Topliss-reactive ketones (excluding diaryl/α,β-unsaturated/α-hetero) is 3. The highest BCUT2D eigenvalue weighted by Crippen LogP contribution is 2.31. The smallest absolute Gasteiger partial charge is 0.211 e. The van der Waals surface area contributed by atoms with Gasteiger partial charge in [0.05, 0.1) is 0 Å². The van der Waals surface area contributed by atoms with Gasteiger partial charge in [-0.2, -0.15) is 0 Å². The molecule has 0 aromatic heterocycles. The molecule has 0 saturated heterocycles. The Morgan fingerprint density at radius 2 is 1.65 bits per heavy atom. The Morgan fingerprint density at radius 3 is 2.30 bits per heavy atom. The maximum atomic E-state index is 12.7. The van der Waals surface area contributed by atoms with E-state index in [9.17, 15) is 14.4 Å². The number of para-hydroxylation sites is 1. The number of ketones is 3. The summed E-state index contributed by atoms with van der Waals surface area (Å²) in [5.41, 5.74) is 1.14. The highest BCUT2D eigenvalue weighted by Gasteiger charge is 2.34. The van der Waals surface area contributed by atoms with Crippen LogP contribution in [-0.4, -0.2) is 17.3 Å². The van der Waals surface area contributed by atoms with Gasteiger partial charge in [-0.25, -0.2) is 0 Å². The van der Waals surface area contributed by atoms with Gasteiger partial charge in [0, 0.05) is 22.4 Å². The predicted molar refractivity (Wildman–Crippen MR) is 88.1 cm³/mol. The number of hydrogen-bond donors (Lipinski definition) is 1. The molecule has 0 fully saturated rings. The second kappa shape index (κ2) is 5.82. The summed E-state index contributed by atoms with van der Waals surface area (Å²) in [6.45, 7) is 1.35. The third-order valence-corrected chi connectivity index (χ3v) is 3.97. The molecule has 1 aliphatic rings. The first-order chi connectivity index (χ1) is 11.0. The molecule has 0 saturated carbocycles. The molecule has 0 aliphatic heterocycles. The molecule has 5 heteroatoms. The van der Waals surface area contributed by atoms with Crippen LogP contribution in [0.2, 0.25) is 0 Å². The zero-order chi connectivity index (χ0) is 16.6. The fourth-order valence-electron chi connectivity index (χ4n) is 2.51. The lowest BCUT2D eigenvalue weighted by molar-refractivity contribution is 0.0970. The van der Waals surface area contributed by atoms with Crippen molar-refractivity contribution in [3.05, 3.63) is 76.0 Å². The molecule has 3 rings (SSSR count). The number of benzene rings is 2. The fraction of sp³-hybridized carbons (Fsp3) is 0.0556. The van der Waals surface area contributed by atoms with Gasteiger partial charge >= 0.3 is 0 Å². The van der Waals surface area contributed by atoms with Crippen molar-refractivity contribution in [1.82, 2.24) is 0 Å². The van der Waals surface area contributed by atoms with Gasteiger partial charge in [0.25, 0.3) is 0 Å². The van der Waals surface area contributed by atoms with E-state index in [2.05, 4.69) is 5.32 Å². The van der Waals surface area contributed by atoms with Gasteiger partial charge in [-0.15, -0.1) is 0 Å². The van der Waals surface area contributed by atoms with Crippen molar-refractivity contribution in [3.63, 3.8) is 0 Å². The van der Waals surface area contributed by atoms with Crippen LogP contribution in [0.4, 0.5) is 5.69 Å². The lowest BCUT2D eigenvalue weighted by atomic mass is 9.87. The number of fused-ring (bicyclic) bond motifs is 1. The number of carbonyl (C=O) groups is 3. The summed E-state index contributed by atoms with van der Waals surface area (Å²) >= 11 is 6.12. The summed E-state index contributed by atoms with van der Waals surface area (Å²) in [5.74, 6) is -1.21. The van der Waals surface area contributed by atoms with Gasteiger partial charge in [-0.1, -0.05) is 48.0 Å². The van der Waals surface area contributed by atoms with Crippen molar-refractivity contribution in [2.24, 2.45) is 0 Å². The van der Waals surface area contributed by atoms with Crippen LogP contribution in [0.15, 0.2) is 59.3 Å². The highest BCUT2D eigenvalue weighted by molar-refractivity contribution is 6.51. The van der Waals surface area contributed by atoms with Crippen LogP contribution < -0.4 is 5.32 Å².